The molecule has 2 nitrogen and oxygen atoms in total. The first-order valence-corrected chi connectivity index (χ1v) is 8.36. The molecule has 0 bridgehead atoms. The van der Waals surface area contributed by atoms with Gasteiger partial charge in [-0.15, -0.1) is 11.6 Å². The highest BCUT2D eigenvalue weighted by Gasteiger charge is 2.15. The number of nitrogens with zero attached hydrogens (tertiary/aromatic N) is 1. The normalized spacial score (nSPS) is 13.8. The van der Waals surface area contributed by atoms with Gasteiger partial charge in [0.1, 0.15) is 5.75 Å². The molecule has 0 radical (unpaired) electrons. The molecule has 0 amide bonds. The van der Waals surface area contributed by atoms with Gasteiger partial charge in [0, 0.05) is 31.4 Å². The van der Waals surface area contributed by atoms with Gasteiger partial charge in [-0.25, -0.2) is 0 Å². The Morgan fingerprint density at radius 2 is 2.05 bits per heavy atom. The summed E-state index contributed by atoms with van der Waals surface area (Å²) in [7, 11) is 0. The molecule has 1 aliphatic rings. The van der Waals surface area contributed by atoms with E-state index in [2.05, 4.69) is 36.9 Å². The first-order chi connectivity index (χ1) is 9.78. The van der Waals surface area contributed by atoms with E-state index in [1.165, 1.54) is 24.0 Å². The third kappa shape index (κ3) is 3.89. The molecule has 1 aromatic carbocycles. The van der Waals surface area contributed by atoms with Gasteiger partial charge >= 0.3 is 0 Å². The second kappa shape index (κ2) is 7.90. The van der Waals surface area contributed by atoms with Crippen LogP contribution in [-0.2, 0) is 12.8 Å². The number of hydrogen-bond acceptors (Lipinski definition) is 2. The maximum Gasteiger partial charge on any atom is 0.122 e. The average Bonchev–Trinajstić information content (AvgIpc) is 2.93. The average molecular weight is 296 g/mol. The number of halogens is 1. The Morgan fingerprint density at radius 3 is 2.75 bits per heavy atom. The van der Waals surface area contributed by atoms with Crippen LogP contribution in [-0.4, -0.2) is 36.5 Å². The molecular weight excluding hydrogens is 270 g/mol. The van der Waals surface area contributed by atoms with Gasteiger partial charge in [-0.2, -0.15) is 0 Å². The lowest BCUT2D eigenvalue weighted by molar-refractivity contribution is 0.199. The summed E-state index contributed by atoms with van der Waals surface area (Å²) in [6, 6.07) is 7.30. The van der Waals surface area contributed by atoms with Crippen molar-refractivity contribution in [3.05, 3.63) is 29.3 Å². The maximum atomic E-state index is 5.95. The summed E-state index contributed by atoms with van der Waals surface area (Å²) < 4.78 is 5.56. The van der Waals surface area contributed by atoms with Crippen LogP contribution in [0.4, 0.5) is 0 Å². The van der Waals surface area contributed by atoms with Crippen LogP contribution in [0.3, 0.4) is 0 Å². The number of ether oxygens (including phenoxy) is 1. The van der Waals surface area contributed by atoms with Crippen LogP contribution in [0.2, 0.25) is 0 Å². The van der Waals surface area contributed by atoms with Crippen molar-refractivity contribution in [2.24, 2.45) is 0 Å². The van der Waals surface area contributed by atoms with Crippen molar-refractivity contribution in [1.29, 1.82) is 0 Å². The molecule has 20 heavy (non-hydrogen) atoms. The quantitative estimate of drug-likeness (QED) is 0.675. The first kappa shape index (κ1) is 15.7. The minimum Gasteiger partial charge on any atom is -0.493 e. The number of fused-ring (bicyclic) bond motifs is 1. The van der Waals surface area contributed by atoms with E-state index >= 15 is 0 Å². The topological polar surface area (TPSA) is 12.5 Å². The molecule has 0 saturated carbocycles. The molecule has 0 fully saturated rings. The van der Waals surface area contributed by atoms with Crippen LogP contribution >= 0.6 is 11.6 Å². The van der Waals surface area contributed by atoms with Crippen LogP contribution in [0.15, 0.2) is 18.2 Å². The molecule has 0 unspecified atom stereocenters. The minimum absolute atomic E-state index is 0.659. The predicted octanol–water partition coefficient (Wildman–Crippen LogP) is 3.89. The summed E-state index contributed by atoms with van der Waals surface area (Å²) in [6.07, 6.45) is 4.55. The SMILES string of the molecule is CCC(CC)N(CCCl)CCc1ccc2c(c1)CCO2. The summed E-state index contributed by atoms with van der Waals surface area (Å²) in [5.41, 5.74) is 2.79. The molecule has 3 heteroatoms. The Labute approximate surface area is 128 Å². The lowest BCUT2D eigenvalue weighted by Gasteiger charge is -2.29. The molecule has 112 valence electrons. The zero-order chi connectivity index (χ0) is 14.4. The monoisotopic (exact) mass is 295 g/mol. The Kier molecular flexibility index (Phi) is 6.18. The number of rotatable bonds is 8. The molecule has 1 heterocycles. The summed E-state index contributed by atoms with van der Waals surface area (Å²) in [5.74, 6) is 1.79. The van der Waals surface area contributed by atoms with Gasteiger partial charge in [-0.3, -0.25) is 4.90 Å². The van der Waals surface area contributed by atoms with Crippen LogP contribution in [0.5, 0.6) is 5.75 Å². The van der Waals surface area contributed by atoms with Crippen molar-refractivity contribution < 1.29 is 4.74 Å². The highest BCUT2D eigenvalue weighted by Crippen LogP contribution is 2.26. The van der Waals surface area contributed by atoms with Crippen molar-refractivity contribution in [2.45, 2.75) is 45.6 Å². The zero-order valence-electron chi connectivity index (χ0n) is 12.7. The van der Waals surface area contributed by atoms with Crippen molar-refractivity contribution in [2.75, 3.05) is 25.6 Å². The number of benzene rings is 1. The third-order valence-corrected chi connectivity index (χ3v) is 4.44. The van der Waals surface area contributed by atoms with Gasteiger partial charge in [0.15, 0.2) is 0 Å². The fraction of sp³-hybridized carbons (Fsp3) is 0.647. The van der Waals surface area contributed by atoms with Crippen LogP contribution in [0.1, 0.15) is 37.8 Å². The van der Waals surface area contributed by atoms with E-state index in [0.29, 0.717) is 11.9 Å². The Bertz CT molecular complexity index is 417. The molecule has 1 aliphatic heterocycles. The van der Waals surface area contributed by atoms with Crippen LogP contribution in [0, 0.1) is 0 Å². The minimum atomic E-state index is 0.659. The Balaban J connectivity index is 1.94. The van der Waals surface area contributed by atoms with Crippen LogP contribution < -0.4 is 4.74 Å². The van der Waals surface area contributed by atoms with Gasteiger partial charge in [0.25, 0.3) is 0 Å². The van der Waals surface area contributed by atoms with Gasteiger partial charge in [0.2, 0.25) is 0 Å². The molecule has 0 atom stereocenters. The summed E-state index contributed by atoms with van der Waals surface area (Å²) in [4.78, 5) is 2.54. The van der Waals surface area contributed by atoms with E-state index in [4.69, 9.17) is 16.3 Å². The fourth-order valence-electron chi connectivity index (χ4n) is 3.06. The van der Waals surface area contributed by atoms with Crippen molar-refractivity contribution in [3.8, 4) is 5.75 Å². The second-order valence-electron chi connectivity index (χ2n) is 5.49. The van der Waals surface area contributed by atoms with E-state index < -0.39 is 0 Å². The maximum absolute atomic E-state index is 5.95. The zero-order valence-corrected chi connectivity index (χ0v) is 13.5. The van der Waals surface area contributed by atoms with Gasteiger partial charge in [0.05, 0.1) is 6.61 Å². The van der Waals surface area contributed by atoms with Crippen molar-refractivity contribution in [1.82, 2.24) is 4.90 Å². The Morgan fingerprint density at radius 1 is 1.25 bits per heavy atom. The van der Waals surface area contributed by atoms with E-state index in [1.807, 2.05) is 0 Å². The first-order valence-electron chi connectivity index (χ1n) is 7.83. The molecule has 0 saturated heterocycles. The lowest BCUT2D eigenvalue weighted by Crippen LogP contribution is -2.37. The standard InChI is InChI=1S/C17H26ClNO/c1-3-16(4-2)19(11-9-18)10-7-14-5-6-17-15(13-14)8-12-20-17/h5-6,13,16H,3-4,7-12H2,1-2H3. The smallest absolute Gasteiger partial charge is 0.122 e. The van der Waals surface area contributed by atoms with Crippen molar-refractivity contribution in [3.63, 3.8) is 0 Å². The lowest BCUT2D eigenvalue weighted by atomic mass is 10.0. The molecule has 0 aromatic heterocycles. The second-order valence-corrected chi connectivity index (χ2v) is 5.86. The number of alkyl halides is 1. The van der Waals surface area contributed by atoms with Crippen LogP contribution in [0.25, 0.3) is 0 Å². The van der Waals surface area contributed by atoms with E-state index in [1.54, 1.807) is 0 Å². The molecular formula is C17H26ClNO. The number of hydrogen-bond donors (Lipinski definition) is 0. The van der Waals surface area contributed by atoms with E-state index in [-0.39, 0.29) is 0 Å². The van der Waals surface area contributed by atoms with Gasteiger partial charge in [-0.1, -0.05) is 26.0 Å². The molecule has 0 N–H and O–H groups in total. The van der Waals surface area contributed by atoms with Gasteiger partial charge < -0.3 is 4.74 Å². The predicted molar refractivity (Wildman–Crippen MR) is 86.0 cm³/mol. The Hall–Kier alpha value is -0.730. The van der Waals surface area contributed by atoms with E-state index in [0.717, 1.165) is 38.3 Å². The molecule has 0 aliphatic carbocycles. The summed E-state index contributed by atoms with van der Waals surface area (Å²) in [6.45, 7) is 7.45. The summed E-state index contributed by atoms with van der Waals surface area (Å²) >= 11 is 5.95. The molecule has 1 aromatic rings. The van der Waals surface area contributed by atoms with Crippen molar-refractivity contribution >= 4 is 11.6 Å². The fourth-order valence-corrected chi connectivity index (χ4v) is 3.28. The largest absolute Gasteiger partial charge is 0.493 e. The highest BCUT2D eigenvalue weighted by atomic mass is 35.5. The molecule has 0 spiro atoms. The third-order valence-electron chi connectivity index (χ3n) is 4.27. The molecule has 2 rings (SSSR count). The summed E-state index contributed by atoms with van der Waals surface area (Å²) in [5, 5.41) is 0. The van der Waals surface area contributed by atoms with Gasteiger partial charge in [-0.05, 0) is 36.5 Å². The highest BCUT2D eigenvalue weighted by molar-refractivity contribution is 6.18. The van der Waals surface area contributed by atoms with E-state index in [9.17, 15) is 0 Å².